The molecular formula is C20H21N3O3. The van der Waals surface area contributed by atoms with Crippen molar-refractivity contribution in [1.29, 1.82) is 0 Å². The van der Waals surface area contributed by atoms with Crippen LogP contribution in [0.15, 0.2) is 42.5 Å². The summed E-state index contributed by atoms with van der Waals surface area (Å²) in [5, 5.41) is 4.72. The van der Waals surface area contributed by atoms with Crippen molar-refractivity contribution in [3.63, 3.8) is 0 Å². The maximum absolute atomic E-state index is 13.0. The number of hydrazine groups is 1. The molecule has 0 unspecified atom stereocenters. The first-order valence-corrected chi connectivity index (χ1v) is 8.79. The minimum absolute atomic E-state index is 0.126. The summed E-state index contributed by atoms with van der Waals surface area (Å²) in [5.41, 5.74) is 6.72. The maximum Gasteiger partial charge on any atom is 0.246 e. The van der Waals surface area contributed by atoms with E-state index in [2.05, 4.69) is 16.8 Å². The maximum atomic E-state index is 13.0. The number of carbonyl (C=O) groups excluding carboxylic acids is 2. The topological polar surface area (TPSA) is 70.7 Å². The molecule has 2 amide bonds. The molecule has 4 rings (SSSR count). The highest BCUT2D eigenvalue weighted by Crippen LogP contribution is 2.35. The summed E-state index contributed by atoms with van der Waals surface area (Å²) in [6.07, 6.45) is 2.11. The predicted molar refractivity (Wildman–Crippen MR) is 99.2 cm³/mol. The Bertz CT molecular complexity index is 865. The second kappa shape index (κ2) is 6.71. The van der Waals surface area contributed by atoms with Crippen molar-refractivity contribution < 1.29 is 14.3 Å². The van der Waals surface area contributed by atoms with Gasteiger partial charge in [0.2, 0.25) is 11.8 Å². The van der Waals surface area contributed by atoms with Crippen LogP contribution in [0.3, 0.4) is 0 Å². The second-order valence-corrected chi connectivity index (χ2v) is 6.62. The zero-order chi connectivity index (χ0) is 18.1. The standard InChI is InChI=1S/C20H21N3O3/c1-26-14-8-9-17-15(11-14)16(12-19(24)21-17)20(25)22-23-10-4-6-13-5-2-3-7-18(13)23/h2-3,5,7-9,11,16H,4,6,10,12H2,1H3,(H,21,24)(H,22,25)/t16-/m0/s1. The fourth-order valence-corrected chi connectivity index (χ4v) is 3.66. The average Bonchev–Trinajstić information content (AvgIpc) is 2.67. The van der Waals surface area contributed by atoms with E-state index < -0.39 is 5.92 Å². The molecule has 0 aromatic heterocycles. The molecule has 0 radical (unpaired) electrons. The van der Waals surface area contributed by atoms with Gasteiger partial charge in [0, 0.05) is 18.7 Å². The van der Waals surface area contributed by atoms with E-state index in [1.54, 1.807) is 19.2 Å². The molecule has 0 fully saturated rings. The molecule has 0 spiro atoms. The normalized spacial score (nSPS) is 18.4. The van der Waals surface area contributed by atoms with Crippen molar-refractivity contribution in [3.8, 4) is 5.75 Å². The molecule has 0 saturated heterocycles. The highest BCUT2D eigenvalue weighted by molar-refractivity contribution is 6.01. The third-order valence-electron chi connectivity index (χ3n) is 4.97. The molecule has 2 heterocycles. The van der Waals surface area contributed by atoms with Gasteiger partial charge in [-0.05, 0) is 48.2 Å². The van der Waals surface area contributed by atoms with Gasteiger partial charge in [-0.1, -0.05) is 18.2 Å². The van der Waals surface area contributed by atoms with Gasteiger partial charge in [0.25, 0.3) is 0 Å². The van der Waals surface area contributed by atoms with Crippen molar-refractivity contribution in [3.05, 3.63) is 53.6 Å². The van der Waals surface area contributed by atoms with Crippen LogP contribution in [0.4, 0.5) is 11.4 Å². The monoisotopic (exact) mass is 351 g/mol. The summed E-state index contributed by atoms with van der Waals surface area (Å²) in [6.45, 7) is 0.757. The van der Waals surface area contributed by atoms with Crippen LogP contribution in [0.1, 0.15) is 29.9 Å². The molecule has 134 valence electrons. The lowest BCUT2D eigenvalue weighted by atomic mass is 9.89. The number of hydrogen-bond donors (Lipinski definition) is 2. The van der Waals surface area contributed by atoms with E-state index in [-0.39, 0.29) is 18.2 Å². The predicted octanol–water partition coefficient (Wildman–Crippen LogP) is 2.61. The van der Waals surface area contributed by atoms with Crippen molar-refractivity contribution >= 4 is 23.2 Å². The molecule has 6 nitrogen and oxygen atoms in total. The van der Waals surface area contributed by atoms with Crippen LogP contribution >= 0.6 is 0 Å². The number of anilines is 2. The molecule has 2 aromatic carbocycles. The summed E-state index contributed by atoms with van der Waals surface area (Å²) < 4.78 is 5.28. The summed E-state index contributed by atoms with van der Waals surface area (Å²) in [6, 6.07) is 13.5. The van der Waals surface area contributed by atoms with Gasteiger partial charge >= 0.3 is 0 Å². The van der Waals surface area contributed by atoms with Crippen molar-refractivity contribution in [2.45, 2.75) is 25.2 Å². The number of ether oxygens (including phenoxy) is 1. The lowest BCUT2D eigenvalue weighted by Gasteiger charge is -2.33. The fraction of sp³-hybridized carbons (Fsp3) is 0.300. The summed E-state index contributed by atoms with van der Waals surface area (Å²) in [4.78, 5) is 25.1. The Kier molecular flexibility index (Phi) is 4.24. The van der Waals surface area contributed by atoms with E-state index in [4.69, 9.17) is 4.74 Å². The summed E-state index contributed by atoms with van der Waals surface area (Å²) >= 11 is 0. The first-order valence-electron chi connectivity index (χ1n) is 8.79. The Balaban J connectivity index is 1.61. The number of hydrogen-bond acceptors (Lipinski definition) is 4. The largest absolute Gasteiger partial charge is 0.497 e. The first-order chi connectivity index (χ1) is 12.7. The molecule has 2 aromatic rings. The number of benzene rings is 2. The third-order valence-corrected chi connectivity index (χ3v) is 4.97. The molecule has 2 aliphatic rings. The molecule has 2 N–H and O–H groups in total. The number of rotatable bonds is 3. The Hall–Kier alpha value is -3.02. The quantitative estimate of drug-likeness (QED) is 0.892. The SMILES string of the molecule is COc1ccc2c(c1)[C@@H](C(=O)NN1CCCc3ccccc31)CC(=O)N2. The van der Waals surface area contributed by atoms with Crippen LogP contribution in [0.2, 0.25) is 0 Å². The molecule has 0 bridgehead atoms. The van der Waals surface area contributed by atoms with Gasteiger partial charge in [-0.15, -0.1) is 0 Å². The van der Waals surface area contributed by atoms with E-state index in [1.165, 1.54) is 5.56 Å². The van der Waals surface area contributed by atoms with Crippen molar-refractivity contribution in [2.24, 2.45) is 0 Å². The highest BCUT2D eigenvalue weighted by Gasteiger charge is 2.32. The van der Waals surface area contributed by atoms with Gasteiger partial charge in [-0.2, -0.15) is 0 Å². The van der Waals surface area contributed by atoms with Crippen LogP contribution in [0, 0.1) is 0 Å². The number of nitrogens with zero attached hydrogens (tertiary/aromatic N) is 1. The van der Waals surface area contributed by atoms with Crippen LogP contribution in [-0.2, 0) is 16.0 Å². The number of nitrogens with one attached hydrogen (secondary N) is 2. The smallest absolute Gasteiger partial charge is 0.246 e. The zero-order valence-corrected chi connectivity index (χ0v) is 14.6. The molecule has 26 heavy (non-hydrogen) atoms. The third kappa shape index (κ3) is 2.98. The van der Waals surface area contributed by atoms with E-state index >= 15 is 0 Å². The van der Waals surface area contributed by atoms with Gasteiger partial charge in [0.05, 0.1) is 18.7 Å². The van der Waals surface area contributed by atoms with Crippen molar-refractivity contribution in [1.82, 2.24) is 5.43 Å². The van der Waals surface area contributed by atoms with Gasteiger partial charge in [0.15, 0.2) is 0 Å². The Morgan fingerprint density at radius 1 is 1.27 bits per heavy atom. The minimum atomic E-state index is -0.539. The van der Waals surface area contributed by atoms with E-state index in [0.29, 0.717) is 11.4 Å². The van der Waals surface area contributed by atoms with Crippen molar-refractivity contribution in [2.75, 3.05) is 24.0 Å². The first kappa shape index (κ1) is 16.4. The van der Waals surface area contributed by atoms with Gasteiger partial charge in [-0.25, -0.2) is 0 Å². The Morgan fingerprint density at radius 2 is 2.12 bits per heavy atom. The number of para-hydroxylation sites is 1. The molecule has 0 aliphatic carbocycles. The highest BCUT2D eigenvalue weighted by atomic mass is 16.5. The summed E-state index contributed by atoms with van der Waals surface area (Å²) in [5.74, 6) is -0.197. The lowest BCUT2D eigenvalue weighted by molar-refractivity contribution is -0.126. The Labute approximate surface area is 152 Å². The van der Waals surface area contributed by atoms with Crippen LogP contribution in [-0.4, -0.2) is 25.5 Å². The molecule has 6 heteroatoms. The van der Waals surface area contributed by atoms with Gasteiger partial charge in [0.1, 0.15) is 5.75 Å². The van der Waals surface area contributed by atoms with E-state index in [1.807, 2.05) is 29.3 Å². The number of aryl methyl sites for hydroxylation is 1. The number of amides is 2. The van der Waals surface area contributed by atoms with E-state index in [9.17, 15) is 9.59 Å². The lowest BCUT2D eigenvalue weighted by Crippen LogP contribution is -2.48. The van der Waals surface area contributed by atoms with Crippen LogP contribution in [0.5, 0.6) is 5.75 Å². The van der Waals surface area contributed by atoms with Gasteiger partial charge in [-0.3, -0.25) is 20.0 Å². The number of fused-ring (bicyclic) bond motifs is 2. The second-order valence-electron chi connectivity index (χ2n) is 6.62. The van der Waals surface area contributed by atoms with Crippen LogP contribution < -0.4 is 20.5 Å². The molecular weight excluding hydrogens is 330 g/mol. The minimum Gasteiger partial charge on any atom is -0.497 e. The average molecular weight is 351 g/mol. The molecule has 2 aliphatic heterocycles. The number of carbonyl (C=O) groups is 2. The van der Waals surface area contributed by atoms with Crippen LogP contribution in [0.25, 0.3) is 0 Å². The summed E-state index contributed by atoms with van der Waals surface area (Å²) in [7, 11) is 1.59. The molecule has 1 atom stereocenters. The van der Waals surface area contributed by atoms with E-state index in [0.717, 1.165) is 30.6 Å². The fourth-order valence-electron chi connectivity index (χ4n) is 3.66. The number of methoxy groups -OCH3 is 1. The molecule has 0 saturated carbocycles. The zero-order valence-electron chi connectivity index (χ0n) is 14.6. The van der Waals surface area contributed by atoms with Gasteiger partial charge < -0.3 is 10.1 Å². The Morgan fingerprint density at radius 3 is 2.96 bits per heavy atom.